The van der Waals surface area contributed by atoms with Gasteiger partial charge in [-0.25, -0.2) is 4.98 Å². The molecule has 2 aromatic carbocycles. The number of rotatable bonds is 6. The van der Waals surface area contributed by atoms with Crippen molar-refractivity contribution in [1.82, 2.24) is 14.5 Å². The molecule has 0 aliphatic carbocycles. The van der Waals surface area contributed by atoms with Crippen molar-refractivity contribution in [3.8, 4) is 0 Å². The van der Waals surface area contributed by atoms with Crippen LogP contribution >= 0.6 is 0 Å². The molecule has 2 aromatic heterocycles. The zero-order chi connectivity index (χ0) is 22.0. The summed E-state index contributed by atoms with van der Waals surface area (Å²) in [6.07, 6.45) is 1.28. The maximum Gasteiger partial charge on any atom is 0.326 e. The second-order valence-electron chi connectivity index (χ2n) is 7.21. The quantitative estimate of drug-likeness (QED) is 0.446. The number of carbonyl (C=O) groups excluding carboxylic acids is 2. The zero-order valence-corrected chi connectivity index (χ0v) is 17.1. The molecule has 1 atom stereocenters. The summed E-state index contributed by atoms with van der Waals surface area (Å²) in [7, 11) is 1.65. The third-order valence-corrected chi connectivity index (χ3v) is 5.26. The van der Waals surface area contributed by atoms with Crippen LogP contribution in [0, 0.1) is 0 Å². The van der Waals surface area contributed by atoms with Crippen LogP contribution in [0.1, 0.15) is 18.5 Å². The number of carbonyl (C=O) groups is 2. The summed E-state index contributed by atoms with van der Waals surface area (Å²) in [6, 6.07) is 16.6. The van der Waals surface area contributed by atoms with Crippen molar-refractivity contribution in [1.29, 1.82) is 0 Å². The maximum atomic E-state index is 12.7. The van der Waals surface area contributed by atoms with Crippen LogP contribution in [0.4, 0.5) is 0 Å². The molecule has 4 rings (SSSR count). The van der Waals surface area contributed by atoms with Crippen LogP contribution in [-0.2, 0) is 20.9 Å². The molecular weight excluding hydrogens is 398 g/mol. The Balaban J connectivity index is 1.41. The molecule has 158 valence electrons. The Morgan fingerprint density at radius 3 is 2.61 bits per heavy atom. The number of aromatic nitrogens is 2. The summed E-state index contributed by atoms with van der Waals surface area (Å²) in [5, 5.41) is 0.727. The number of ether oxygens (including phenoxy) is 1. The Hall–Kier alpha value is -3.94. The number of esters is 1. The SMILES string of the molecule is CC(c1ccccc1)N(C)C(=O)COC(=O)Cn1cnc2c(oc3ccccc32)c1=O. The van der Waals surface area contributed by atoms with E-state index in [9.17, 15) is 14.4 Å². The van der Waals surface area contributed by atoms with Crippen molar-refractivity contribution in [3.05, 3.63) is 76.8 Å². The van der Waals surface area contributed by atoms with Gasteiger partial charge in [0.1, 0.15) is 17.6 Å². The van der Waals surface area contributed by atoms with Gasteiger partial charge < -0.3 is 14.1 Å². The number of para-hydroxylation sites is 1. The number of benzene rings is 2. The van der Waals surface area contributed by atoms with Crippen LogP contribution in [0.15, 0.2) is 70.1 Å². The Morgan fingerprint density at radius 2 is 1.84 bits per heavy atom. The number of likely N-dealkylation sites (N-methyl/N-ethyl adjacent to an activating group) is 1. The standard InChI is InChI=1S/C23H21N3O5/c1-15(16-8-4-3-5-9-16)25(2)19(27)13-30-20(28)12-26-14-24-21-17-10-6-7-11-18(17)31-22(21)23(26)29/h3-11,14-15H,12-13H2,1-2H3. The van der Waals surface area contributed by atoms with Crippen molar-refractivity contribution in [3.63, 3.8) is 0 Å². The Kier molecular flexibility index (Phi) is 5.53. The number of furan rings is 1. The van der Waals surface area contributed by atoms with Crippen LogP contribution in [0.3, 0.4) is 0 Å². The van der Waals surface area contributed by atoms with Gasteiger partial charge in [0.2, 0.25) is 5.58 Å². The Morgan fingerprint density at radius 1 is 1.13 bits per heavy atom. The molecular formula is C23H21N3O5. The van der Waals surface area contributed by atoms with Crippen LogP contribution in [0.2, 0.25) is 0 Å². The van der Waals surface area contributed by atoms with Crippen molar-refractivity contribution < 1.29 is 18.7 Å². The molecule has 0 N–H and O–H groups in total. The zero-order valence-electron chi connectivity index (χ0n) is 17.1. The Labute approximate surface area is 177 Å². The first-order chi connectivity index (χ1) is 15.0. The Bertz CT molecular complexity index is 1310. The fourth-order valence-corrected chi connectivity index (χ4v) is 3.33. The second-order valence-corrected chi connectivity index (χ2v) is 7.21. The van der Waals surface area contributed by atoms with E-state index in [4.69, 9.17) is 9.15 Å². The normalized spacial score (nSPS) is 12.1. The molecule has 0 spiro atoms. The molecule has 1 unspecified atom stereocenters. The van der Waals surface area contributed by atoms with Crippen molar-refractivity contribution in [2.75, 3.05) is 13.7 Å². The highest BCUT2D eigenvalue weighted by Crippen LogP contribution is 2.24. The van der Waals surface area contributed by atoms with Gasteiger partial charge in [-0.3, -0.25) is 19.0 Å². The predicted octanol–water partition coefficient (Wildman–Crippen LogP) is 2.91. The molecule has 0 aliphatic rings. The largest absolute Gasteiger partial charge is 0.454 e. The first kappa shape index (κ1) is 20.3. The number of amides is 1. The molecule has 0 radical (unpaired) electrons. The molecule has 8 nitrogen and oxygen atoms in total. The van der Waals surface area contributed by atoms with Gasteiger partial charge in [0.05, 0.1) is 12.4 Å². The second kappa shape index (κ2) is 8.43. The van der Waals surface area contributed by atoms with Gasteiger partial charge in [0, 0.05) is 12.4 Å². The fraction of sp³-hybridized carbons (Fsp3) is 0.217. The smallest absolute Gasteiger partial charge is 0.326 e. The molecule has 0 saturated carbocycles. The average Bonchev–Trinajstić information content (AvgIpc) is 3.18. The van der Waals surface area contributed by atoms with E-state index in [-0.39, 0.29) is 24.1 Å². The molecule has 1 amide bonds. The molecule has 31 heavy (non-hydrogen) atoms. The molecule has 0 aliphatic heterocycles. The summed E-state index contributed by atoms with van der Waals surface area (Å²) in [6.45, 7) is 1.11. The summed E-state index contributed by atoms with van der Waals surface area (Å²) in [5.41, 5.74) is 1.55. The number of nitrogens with zero attached hydrogens (tertiary/aromatic N) is 3. The van der Waals surface area contributed by atoms with Crippen molar-refractivity contribution in [2.45, 2.75) is 19.5 Å². The fourth-order valence-electron chi connectivity index (χ4n) is 3.33. The van der Waals surface area contributed by atoms with Gasteiger partial charge in [-0.1, -0.05) is 42.5 Å². The monoisotopic (exact) mass is 419 g/mol. The molecule has 2 heterocycles. The minimum Gasteiger partial charge on any atom is -0.454 e. The van der Waals surface area contributed by atoms with E-state index < -0.39 is 18.1 Å². The van der Waals surface area contributed by atoms with Gasteiger partial charge in [-0.05, 0) is 24.6 Å². The number of hydrogen-bond acceptors (Lipinski definition) is 6. The average molecular weight is 419 g/mol. The third-order valence-electron chi connectivity index (χ3n) is 5.26. The van der Waals surface area contributed by atoms with Gasteiger partial charge in [-0.15, -0.1) is 0 Å². The van der Waals surface area contributed by atoms with E-state index in [0.717, 1.165) is 15.5 Å². The highest BCUT2D eigenvalue weighted by molar-refractivity contribution is 6.01. The minimum atomic E-state index is -0.714. The van der Waals surface area contributed by atoms with Crippen molar-refractivity contribution in [2.24, 2.45) is 0 Å². The van der Waals surface area contributed by atoms with Gasteiger partial charge in [0.25, 0.3) is 11.5 Å². The maximum absolute atomic E-state index is 12.7. The lowest BCUT2D eigenvalue weighted by Crippen LogP contribution is -2.34. The lowest BCUT2D eigenvalue weighted by atomic mass is 10.1. The van der Waals surface area contributed by atoms with E-state index in [2.05, 4.69) is 4.98 Å². The van der Waals surface area contributed by atoms with Crippen molar-refractivity contribution >= 4 is 33.9 Å². The molecule has 0 fully saturated rings. The first-order valence-electron chi connectivity index (χ1n) is 9.78. The summed E-state index contributed by atoms with van der Waals surface area (Å²) in [5.74, 6) is -1.06. The lowest BCUT2D eigenvalue weighted by Gasteiger charge is -2.25. The van der Waals surface area contributed by atoms with E-state index in [1.165, 1.54) is 11.2 Å². The minimum absolute atomic E-state index is 0.0731. The number of hydrogen-bond donors (Lipinski definition) is 0. The molecule has 0 saturated heterocycles. The van der Waals surface area contributed by atoms with Crippen LogP contribution in [0.5, 0.6) is 0 Å². The summed E-state index contributed by atoms with van der Waals surface area (Å²) < 4.78 is 11.8. The van der Waals surface area contributed by atoms with E-state index in [0.29, 0.717) is 11.1 Å². The molecule has 4 aromatic rings. The van der Waals surface area contributed by atoms with Crippen LogP contribution in [0.25, 0.3) is 22.1 Å². The van der Waals surface area contributed by atoms with Crippen LogP contribution in [-0.4, -0.2) is 40.0 Å². The van der Waals surface area contributed by atoms with Crippen LogP contribution < -0.4 is 5.56 Å². The number of fused-ring (bicyclic) bond motifs is 3. The summed E-state index contributed by atoms with van der Waals surface area (Å²) in [4.78, 5) is 43.1. The van der Waals surface area contributed by atoms with E-state index in [1.807, 2.05) is 49.4 Å². The predicted molar refractivity (Wildman–Crippen MR) is 114 cm³/mol. The van der Waals surface area contributed by atoms with E-state index >= 15 is 0 Å². The summed E-state index contributed by atoms with van der Waals surface area (Å²) >= 11 is 0. The van der Waals surface area contributed by atoms with Gasteiger partial charge >= 0.3 is 5.97 Å². The highest BCUT2D eigenvalue weighted by Gasteiger charge is 2.20. The topological polar surface area (TPSA) is 94.6 Å². The lowest BCUT2D eigenvalue weighted by molar-refractivity contribution is -0.152. The van der Waals surface area contributed by atoms with Gasteiger partial charge in [0.15, 0.2) is 6.61 Å². The first-order valence-corrected chi connectivity index (χ1v) is 9.78. The highest BCUT2D eigenvalue weighted by atomic mass is 16.5. The third kappa shape index (κ3) is 4.05. The van der Waals surface area contributed by atoms with Gasteiger partial charge in [-0.2, -0.15) is 0 Å². The van der Waals surface area contributed by atoms with E-state index in [1.54, 1.807) is 19.2 Å². The molecule has 8 heteroatoms. The molecule has 0 bridgehead atoms.